The van der Waals surface area contributed by atoms with E-state index in [2.05, 4.69) is 21.4 Å². The molecule has 1 fully saturated rings. The highest BCUT2D eigenvalue weighted by Crippen LogP contribution is 2.46. The van der Waals surface area contributed by atoms with E-state index in [1.165, 1.54) is 10.4 Å². The van der Waals surface area contributed by atoms with Gasteiger partial charge in [-0.3, -0.25) is 0 Å². The Kier molecular flexibility index (Phi) is 6.85. The van der Waals surface area contributed by atoms with E-state index in [0.717, 1.165) is 61.6 Å². The number of hydrogen-bond acceptors (Lipinski definition) is 7. The minimum absolute atomic E-state index is 0.0708. The first-order valence-electron chi connectivity index (χ1n) is 11.6. The summed E-state index contributed by atoms with van der Waals surface area (Å²) in [6.07, 6.45) is 9.52. The molecule has 0 aromatic carbocycles. The molecule has 2 heterocycles. The summed E-state index contributed by atoms with van der Waals surface area (Å²) in [6, 6.07) is 2.41. The molecule has 4 rings (SSSR count). The fourth-order valence-electron chi connectivity index (χ4n) is 4.82. The molecule has 1 saturated carbocycles. The normalized spacial score (nSPS) is 23.2. The van der Waals surface area contributed by atoms with Crippen LogP contribution in [0, 0.1) is 11.3 Å². The predicted molar refractivity (Wildman–Crippen MR) is 124 cm³/mol. The standard InChI is InChI=1S/C24H32N4O3S/c1-24(2,3)31-23(29)28-16-9-11-17(12-10-16)30-21-20-19-15(7-5-13-25)6-4-8-18(19)32-22(20)27-14-26-21/h14-17H,4-12H2,1-3H3,(H,28,29)/t15-,16-,17+/m0/s1. The van der Waals surface area contributed by atoms with Gasteiger partial charge in [-0.2, -0.15) is 5.26 Å². The number of nitriles is 1. The zero-order valence-corrected chi connectivity index (χ0v) is 20.0. The van der Waals surface area contributed by atoms with E-state index < -0.39 is 5.60 Å². The minimum Gasteiger partial charge on any atom is -0.474 e. The molecule has 7 nitrogen and oxygen atoms in total. The maximum absolute atomic E-state index is 12.1. The van der Waals surface area contributed by atoms with Gasteiger partial charge in [-0.15, -0.1) is 11.3 Å². The molecule has 1 atom stereocenters. The van der Waals surface area contributed by atoms with Crippen molar-refractivity contribution in [3.63, 3.8) is 0 Å². The van der Waals surface area contributed by atoms with Crippen molar-refractivity contribution in [3.8, 4) is 11.9 Å². The van der Waals surface area contributed by atoms with Crippen LogP contribution in [0.25, 0.3) is 10.2 Å². The summed E-state index contributed by atoms with van der Waals surface area (Å²) in [4.78, 5) is 23.5. The average Bonchev–Trinajstić information content (AvgIpc) is 3.12. The van der Waals surface area contributed by atoms with E-state index in [1.54, 1.807) is 17.7 Å². The van der Waals surface area contributed by atoms with Crippen LogP contribution in [0.5, 0.6) is 5.88 Å². The molecule has 0 bridgehead atoms. The van der Waals surface area contributed by atoms with Gasteiger partial charge in [0, 0.05) is 17.3 Å². The van der Waals surface area contributed by atoms with Crippen molar-refractivity contribution in [2.75, 3.05) is 0 Å². The number of amides is 1. The number of alkyl carbamates (subject to hydrolysis) is 1. The Morgan fingerprint density at radius 1 is 1.25 bits per heavy atom. The van der Waals surface area contributed by atoms with Crippen LogP contribution in [0.2, 0.25) is 0 Å². The minimum atomic E-state index is -0.493. The first kappa shape index (κ1) is 22.8. The van der Waals surface area contributed by atoms with Gasteiger partial charge in [0.25, 0.3) is 0 Å². The lowest BCUT2D eigenvalue weighted by Gasteiger charge is -2.30. The van der Waals surface area contributed by atoms with Crippen molar-refractivity contribution < 1.29 is 14.3 Å². The monoisotopic (exact) mass is 456 g/mol. The quantitative estimate of drug-likeness (QED) is 0.626. The van der Waals surface area contributed by atoms with Crippen molar-refractivity contribution in [2.24, 2.45) is 0 Å². The topological polar surface area (TPSA) is 97.1 Å². The maximum Gasteiger partial charge on any atom is 0.407 e. The third kappa shape index (κ3) is 5.32. The molecule has 172 valence electrons. The number of hydrogen-bond donors (Lipinski definition) is 1. The largest absolute Gasteiger partial charge is 0.474 e. The van der Waals surface area contributed by atoms with Crippen molar-refractivity contribution >= 4 is 27.6 Å². The Labute approximate surface area is 193 Å². The van der Waals surface area contributed by atoms with Gasteiger partial charge in [-0.05, 0) is 83.6 Å². The molecule has 0 saturated heterocycles. The van der Waals surface area contributed by atoms with Crippen LogP contribution in [0.3, 0.4) is 0 Å². The molecule has 8 heteroatoms. The van der Waals surface area contributed by atoms with Crippen LogP contribution < -0.4 is 10.1 Å². The van der Waals surface area contributed by atoms with E-state index >= 15 is 0 Å². The van der Waals surface area contributed by atoms with Gasteiger partial charge in [-0.25, -0.2) is 14.8 Å². The summed E-state index contributed by atoms with van der Waals surface area (Å²) in [7, 11) is 0. The second kappa shape index (κ2) is 9.62. The molecule has 1 amide bonds. The fraction of sp³-hybridized carbons (Fsp3) is 0.667. The van der Waals surface area contributed by atoms with Crippen molar-refractivity contribution in [1.82, 2.24) is 15.3 Å². The second-order valence-electron chi connectivity index (χ2n) is 9.82. The third-order valence-corrected chi connectivity index (χ3v) is 7.38. The van der Waals surface area contributed by atoms with Crippen LogP contribution in [-0.2, 0) is 11.2 Å². The lowest BCUT2D eigenvalue weighted by atomic mass is 9.83. The Bertz CT molecular complexity index is 999. The highest BCUT2D eigenvalue weighted by Gasteiger charge is 2.30. The fourth-order valence-corrected chi connectivity index (χ4v) is 6.08. The molecule has 32 heavy (non-hydrogen) atoms. The number of thiophene rings is 1. The summed E-state index contributed by atoms with van der Waals surface area (Å²) in [5.74, 6) is 1.06. The lowest BCUT2D eigenvalue weighted by molar-refractivity contribution is 0.0470. The van der Waals surface area contributed by atoms with Gasteiger partial charge in [0.05, 0.1) is 11.5 Å². The number of fused-ring (bicyclic) bond motifs is 3. The Morgan fingerprint density at radius 3 is 2.75 bits per heavy atom. The summed E-state index contributed by atoms with van der Waals surface area (Å²) in [6.45, 7) is 5.61. The first-order valence-corrected chi connectivity index (χ1v) is 12.4. The van der Waals surface area contributed by atoms with Gasteiger partial charge in [0.2, 0.25) is 5.88 Å². The molecule has 0 unspecified atom stereocenters. The molecule has 1 N–H and O–H groups in total. The molecule has 2 aliphatic carbocycles. The van der Waals surface area contributed by atoms with Gasteiger partial charge >= 0.3 is 6.09 Å². The summed E-state index contributed by atoms with van der Waals surface area (Å²) in [5.41, 5.74) is 0.829. The summed E-state index contributed by atoms with van der Waals surface area (Å²) >= 11 is 1.75. The molecule has 0 radical (unpaired) electrons. The van der Waals surface area contributed by atoms with Crippen molar-refractivity contribution in [2.45, 2.75) is 102 Å². The predicted octanol–water partition coefficient (Wildman–Crippen LogP) is 5.63. The molecular formula is C24H32N4O3S. The molecule has 2 aromatic heterocycles. The Balaban J connectivity index is 1.44. The second-order valence-corrected chi connectivity index (χ2v) is 10.9. The SMILES string of the molecule is CC(C)(C)OC(=O)N[C@H]1CC[C@@H](Oc2ncnc3sc4c(c23)[C@H](CCC#N)CCC4)CC1. The van der Waals surface area contributed by atoms with E-state index in [9.17, 15) is 4.79 Å². The average molecular weight is 457 g/mol. The van der Waals surface area contributed by atoms with Crippen LogP contribution in [0.15, 0.2) is 6.33 Å². The van der Waals surface area contributed by atoms with Crippen LogP contribution in [0.1, 0.15) is 88.5 Å². The number of aryl methyl sites for hydroxylation is 1. The first-order chi connectivity index (χ1) is 15.3. The van der Waals surface area contributed by atoms with E-state index in [1.807, 2.05) is 20.8 Å². The number of ether oxygens (including phenoxy) is 2. The maximum atomic E-state index is 12.1. The summed E-state index contributed by atoms with van der Waals surface area (Å²) < 4.78 is 11.8. The molecule has 0 aliphatic heterocycles. The molecule has 2 aromatic rings. The Hall–Kier alpha value is -2.40. The third-order valence-electron chi connectivity index (χ3n) is 6.21. The van der Waals surface area contributed by atoms with Crippen LogP contribution in [-0.4, -0.2) is 33.8 Å². The van der Waals surface area contributed by atoms with Crippen molar-refractivity contribution in [3.05, 3.63) is 16.8 Å². The number of aromatic nitrogens is 2. The number of nitrogens with zero attached hydrogens (tertiary/aromatic N) is 3. The van der Waals surface area contributed by atoms with E-state index in [-0.39, 0.29) is 18.2 Å². The number of carbonyl (C=O) groups is 1. The van der Waals surface area contributed by atoms with Crippen LogP contribution >= 0.6 is 11.3 Å². The lowest BCUT2D eigenvalue weighted by Crippen LogP contribution is -2.42. The molecular weight excluding hydrogens is 424 g/mol. The van der Waals surface area contributed by atoms with Crippen molar-refractivity contribution in [1.29, 1.82) is 5.26 Å². The number of rotatable bonds is 5. The Morgan fingerprint density at radius 2 is 2.03 bits per heavy atom. The highest BCUT2D eigenvalue weighted by atomic mass is 32.1. The van der Waals surface area contributed by atoms with Crippen LogP contribution in [0.4, 0.5) is 4.79 Å². The van der Waals surface area contributed by atoms with Gasteiger partial charge in [0.1, 0.15) is 22.9 Å². The van der Waals surface area contributed by atoms with Gasteiger partial charge in [0.15, 0.2) is 0 Å². The highest BCUT2D eigenvalue weighted by molar-refractivity contribution is 7.18. The van der Waals surface area contributed by atoms with E-state index in [0.29, 0.717) is 18.2 Å². The summed E-state index contributed by atoms with van der Waals surface area (Å²) in [5, 5.41) is 13.1. The van der Waals surface area contributed by atoms with Gasteiger partial charge in [-0.1, -0.05) is 0 Å². The molecule has 0 spiro atoms. The smallest absolute Gasteiger partial charge is 0.407 e. The van der Waals surface area contributed by atoms with Gasteiger partial charge < -0.3 is 14.8 Å². The zero-order valence-electron chi connectivity index (χ0n) is 19.1. The molecule has 2 aliphatic rings. The zero-order chi connectivity index (χ0) is 22.7. The number of nitrogens with one attached hydrogen (secondary N) is 1. The number of carbonyl (C=O) groups excluding carboxylic acids is 1. The van der Waals surface area contributed by atoms with E-state index in [4.69, 9.17) is 14.7 Å².